The van der Waals surface area contributed by atoms with Crippen molar-refractivity contribution in [2.24, 2.45) is 5.92 Å². The molecule has 1 saturated heterocycles. The van der Waals surface area contributed by atoms with E-state index >= 15 is 0 Å². The molecule has 2 aromatic rings. The maximum atomic E-state index is 13.0. The first-order valence-electron chi connectivity index (χ1n) is 11.1. The molecule has 0 aliphatic carbocycles. The Hall–Kier alpha value is -3.02. The molecule has 3 rings (SSSR count). The van der Waals surface area contributed by atoms with Gasteiger partial charge in [0, 0.05) is 37.8 Å². The van der Waals surface area contributed by atoms with Crippen LogP contribution in [0.15, 0.2) is 53.4 Å². The lowest BCUT2D eigenvalue weighted by Crippen LogP contribution is -2.49. The third kappa shape index (κ3) is 6.75. The molecule has 2 aromatic carbocycles. The molecular weight excluding hydrogens is 460 g/mol. The Labute approximate surface area is 199 Å². The number of amides is 1. The van der Waals surface area contributed by atoms with Crippen LogP contribution in [0.2, 0.25) is 0 Å². The van der Waals surface area contributed by atoms with Crippen molar-refractivity contribution in [3.63, 3.8) is 0 Å². The lowest BCUT2D eigenvalue weighted by molar-refractivity contribution is -0.385. The van der Waals surface area contributed by atoms with Crippen LogP contribution in [0.3, 0.4) is 0 Å². The highest BCUT2D eigenvalue weighted by Gasteiger charge is 2.24. The average molecular weight is 491 g/mol. The van der Waals surface area contributed by atoms with Gasteiger partial charge in [0.1, 0.15) is 0 Å². The molecule has 1 fully saturated rings. The molecule has 184 valence electrons. The van der Waals surface area contributed by atoms with Gasteiger partial charge in [-0.05, 0) is 30.5 Å². The summed E-state index contributed by atoms with van der Waals surface area (Å²) in [4.78, 5) is 25.4. The monoisotopic (exact) mass is 490 g/mol. The summed E-state index contributed by atoms with van der Waals surface area (Å²) in [6, 6.07) is 11.2. The van der Waals surface area contributed by atoms with Crippen LogP contribution in [-0.4, -0.2) is 63.0 Å². The summed E-state index contributed by atoms with van der Waals surface area (Å²) in [7, 11) is -4.15. The molecule has 1 atom stereocenters. The molecule has 1 amide bonds. The fraction of sp³-hybridized carbons (Fsp3) is 0.435. The van der Waals surface area contributed by atoms with E-state index in [-0.39, 0.29) is 27.9 Å². The molecule has 0 aromatic heterocycles. The largest absolute Gasteiger partial charge is 0.379 e. The van der Waals surface area contributed by atoms with Crippen molar-refractivity contribution in [1.29, 1.82) is 0 Å². The molecule has 34 heavy (non-hydrogen) atoms. The van der Waals surface area contributed by atoms with E-state index in [4.69, 9.17) is 4.74 Å². The number of benzene rings is 2. The number of non-ortho nitro benzene ring substituents is 1. The van der Waals surface area contributed by atoms with Gasteiger partial charge in [0.15, 0.2) is 0 Å². The first kappa shape index (κ1) is 25.6. The SMILES string of the molecule is CC(C)CC(CNC(=O)c1ccccc1NS(=O)(=O)c1cccc([N+](=O)[O-])c1)N1CCOCC1. The van der Waals surface area contributed by atoms with E-state index in [0.29, 0.717) is 25.7 Å². The number of hydrogen-bond donors (Lipinski definition) is 2. The van der Waals surface area contributed by atoms with Crippen molar-refractivity contribution < 1.29 is 22.9 Å². The van der Waals surface area contributed by atoms with Crippen molar-refractivity contribution >= 4 is 27.3 Å². The highest BCUT2D eigenvalue weighted by atomic mass is 32.2. The van der Waals surface area contributed by atoms with E-state index in [0.717, 1.165) is 25.6 Å². The Morgan fingerprint density at radius 1 is 1.15 bits per heavy atom. The van der Waals surface area contributed by atoms with Gasteiger partial charge in [0.2, 0.25) is 0 Å². The molecule has 10 nitrogen and oxygen atoms in total. The maximum absolute atomic E-state index is 13.0. The Bertz CT molecular complexity index is 1120. The summed E-state index contributed by atoms with van der Waals surface area (Å²) in [5.41, 5.74) is -0.0757. The zero-order valence-electron chi connectivity index (χ0n) is 19.3. The van der Waals surface area contributed by atoms with Crippen LogP contribution in [0.4, 0.5) is 11.4 Å². The van der Waals surface area contributed by atoms with Crippen LogP contribution in [-0.2, 0) is 14.8 Å². The number of nitrogens with one attached hydrogen (secondary N) is 2. The molecule has 11 heteroatoms. The lowest BCUT2D eigenvalue weighted by Gasteiger charge is -2.35. The fourth-order valence-corrected chi connectivity index (χ4v) is 5.01. The summed E-state index contributed by atoms with van der Waals surface area (Å²) < 4.78 is 33.6. The number of nitro groups is 1. The van der Waals surface area contributed by atoms with E-state index < -0.39 is 20.9 Å². The molecule has 1 aliphatic heterocycles. The third-order valence-electron chi connectivity index (χ3n) is 5.56. The Balaban J connectivity index is 1.75. The second-order valence-corrected chi connectivity index (χ2v) is 10.2. The van der Waals surface area contributed by atoms with E-state index in [1.165, 1.54) is 30.3 Å². The fourth-order valence-electron chi connectivity index (χ4n) is 3.89. The van der Waals surface area contributed by atoms with E-state index in [1.54, 1.807) is 12.1 Å². The zero-order valence-corrected chi connectivity index (χ0v) is 20.1. The summed E-state index contributed by atoms with van der Waals surface area (Å²) in [6.45, 7) is 7.60. The normalized spacial score (nSPS) is 15.6. The number of ether oxygens (including phenoxy) is 1. The highest BCUT2D eigenvalue weighted by molar-refractivity contribution is 7.92. The Morgan fingerprint density at radius 3 is 2.53 bits per heavy atom. The molecule has 0 bridgehead atoms. The second kappa shape index (κ2) is 11.4. The van der Waals surface area contributed by atoms with Gasteiger partial charge in [-0.2, -0.15) is 0 Å². The number of carbonyl (C=O) groups excluding carboxylic acids is 1. The number of para-hydroxylation sites is 1. The number of rotatable bonds is 10. The molecule has 1 aliphatic rings. The minimum Gasteiger partial charge on any atom is -0.379 e. The molecule has 0 saturated carbocycles. The van der Waals surface area contributed by atoms with Gasteiger partial charge in [-0.15, -0.1) is 0 Å². The molecular formula is C23H30N4O6S. The van der Waals surface area contributed by atoms with Crippen LogP contribution < -0.4 is 10.0 Å². The van der Waals surface area contributed by atoms with Gasteiger partial charge in [0.05, 0.1) is 34.3 Å². The lowest BCUT2D eigenvalue weighted by atomic mass is 10.0. The van der Waals surface area contributed by atoms with Gasteiger partial charge < -0.3 is 10.1 Å². The van der Waals surface area contributed by atoms with Gasteiger partial charge in [0.25, 0.3) is 21.6 Å². The number of sulfonamides is 1. The smallest absolute Gasteiger partial charge is 0.270 e. The maximum Gasteiger partial charge on any atom is 0.270 e. The number of carbonyl (C=O) groups is 1. The summed E-state index contributed by atoms with van der Waals surface area (Å²) >= 11 is 0. The molecule has 1 heterocycles. The Morgan fingerprint density at radius 2 is 1.85 bits per heavy atom. The summed E-state index contributed by atoms with van der Waals surface area (Å²) in [5.74, 6) is 0.0399. The van der Waals surface area contributed by atoms with Gasteiger partial charge in [-0.25, -0.2) is 8.42 Å². The number of nitro benzene ring substituents is 1. The van der Waals surface area contributed by atoms with Crippen LogP contribution in [0.1, 0.15) is 30.6 Å². The van der Waals surface area contributed by atoms with E-state index in [2.05, 4.69) is 28.8 Å². The number of anilines is 1. The van der Waals surface area contributed by atoms with E-state index in [1.807, 2.05) is 0 Å². The van der Waals surface area contributed by atoms with Gasteiger partial charge in [-0.3, -0.25) is 24.5 Å². The minimum atomic E-state index is -4.15. The summed E-state index contributed by atoms with van der Waals surface area (Å²) in [5, 5.41) is 14.0. The van der Waals surface area contributed by atoms with Gasteiger partial charge in [-0.1, -0.05) is 32.0 Å². The standard InChI is InChI=1S/C23H30N4O6S/c1-17(2)14-19(26-10-12-33-13-11-26)16-24-23(28)21-8-3-4-9-22(21)25-34(31,32)20-7-5-6-18(15-20)27(29)30/h3-9,15,17,19,25H,10-14,16H2,1-2H3,(H,24,28). The number of hydrogen-bond acceptors (Lipinski definition) is 7. The van der Waals surface area contributed by atoms with Crippen LogP contribution >= 0.6 is 0 Å². The first-order chi connectivity index (χ1) is 16.2. The van der Waals surface area contributed by atoms with Crippen LogP contribution in [0.5, 0.6) is 0 Å². The van der Waals surface area contributed by atoms with E-state index in [9.17, 15) is 23.3 Å². The average Bonchev–Trinajstić information content (AvgIpc) is 2.82. The summed E-state index contributed by atoms with van der Waals surface area (Å²) in [6.07, 6.45) is 0.904. The van der Waals surface area contributed by atoms with Crippen molar-refractivity contribution in [2.75, 3.05) is 37.6 Å². The third-order valence-corrected chi connectivity index (χ3v) is 6.92. The molecule has 2 N–H and O–H groups in total. The predicted molar refractivity (Wildman–Crippen MR) is 128 cm³/mol. The van der Waals surface area contributed by atoms with Crippen LogP contribution in [0, 0.1) is 16.0 Å². The zero-order chi connectivity index (χ0) is 24.7. The number of morpholine rings is 1. The minimum absolute atomic E-state index is 0.0956. The quantitative estimate of drug-likeness (QED) is 0.387. The topological polar surface area (TPSA) is 131 Å². The first-order valence-corrected chi connectivity index (χ1v) is 12.6. The van der Waals surface area contributed by atoms with Gasteiger partial charge >= 0.3 is 0 Å². The Kier molecular flexibility index (Phi) is 8.59. The predicted octanol–water partition coefficient (Wildman–Crippen LogP) is 2.87. The second-order valence-electron chi connectivity index (χ2n) is 8.55. The van der Waals surface area contributed by atoms with Crippen molar-refractivity contribution in [2.45, 2.75) is 31.2 Å². The van der Waals surface area contributed by atoms with Crippen molar-refractivity contribution in [1.82, 2.24) is 10.2 Å². The number of nitrogens with zero attached hydrogens (tertiary/aromatic N) is 2. The molecule has 1 unspecified atom stereocenters. The highest BCUT2D eigenvalue weighted by Crippen LogP contribution is 2.23. The molecule has 0 spiro atoms. The van der Waals surface area contributed by atoms with Crippen LogP contribution in [0.25, 0.3) is 0 Å². The molecule has 0 radical (unpaired) electrons. The van der Waals surface area contributed by atoms with Crippen molar-refractivity contribution in [3.8, 4) is 0 Å². The van der Waals surface area contributed by atoms with Crippen molar-refractivity contribution in [3.05, 3.63) is 64.2 Å².